The van der Waals surface area contributed by atoms with Crippen molar-refractivity contribution in [3.05, 3.63) is 64.6 Å². The van der Waals surface area contributed by atoms with Gasteiger partial charge in [-0.2, -0.15) is 10.1 Å². The molecule has 2 aromatic carbocycles. The highest BCUT2D eigenvalue weighted by Gasteiger charge is 2.36. The van der Waals surface area contributed by atoms with E-state index >= 15 is 0 Å². The number of anilines is 2. The Bertz CT molecular complexity index is 1210. The van der Waals surface area contributed by atoms with Crippen LogP contribution in [-0.4, -0.2) is 42.0 Å². The van der Waals surface area contributed by atoms with Crippen molar-refractivity contribution in [3.63, 3.8) is 0 Å². The van der Waals surface area contributed by atoms with Crippen molar-refractivity contribution in [2.24, 2.45) is 0 Å². The lowest BCUT2D eigenvalue weighted by atomic mass is 9.93. The van der Waals surface area contributed by atoms with Gasteiger partial charge in [0, 0.05) is 17.3 Å². The summed E-state index contributed by atoms with van der Waals surface area (Å²) in [6, 6.07) is 9.88. The molecule has 0 bridgehead atoms. The summed E-state index contributed by atoms with van der Waals surface area (Å²) in [7, 11) is 4.64. The van der Waals surface area contributed by atoms with E-state index in [0.717, 1.165) is 0 Å². The van der Waals surface area contributed by atoms with Gasteiger partial charge in [-0.1, -0.05) is 23.7 Å². The predicted octanol–water partition coefficient (Wildman–Crippen LogP) is 3.88. The number of ether oxygens (including phenoxy) is 3. The van der Waals surface area contributed by atoms with Gasteiger partial charge >= 0.3 is 0 Å². The van der Waals surface area contributed by atoms with Crippen LogP contribution >= 0.6 is 11.6 Å². The fraction of sp³-hybridized carbons (Fsp3) is 0.227. The number of methoxy groups -OCH3 is 3. The lowest BCUT2D eigenvalue weighted by molar-refractivity contribution is -0.113. The third-order valence-electron chi connectivity index (χ3n) is 5.19. The van der Waals surface area contributed by atoms with E-state index in [1.165, 1.54) is 6.33 Å². The van der Waals surface area contributed by atoms with Crippen molar-refractivity contribution in [1.82, 2.24) is 14.8 Å². The van der Waals surface area contributed by atoms with Crippen molar-refractivity contribution in [2.45, 2.75) is 13.0 Å². The van der Waals surface area contributed by atoms with Crippen molar-refractivity contribution in [2.75, 3.05) is 32.0 Å². The van der Waals surface area contributed by atoms with Gasteiger partial charge in [-0.25, -0.2) is 4.68 Å². The Balaban J connectivity index is 1.87. The molecule has 0 spiro atoms. The van der Waals surface area contributed by atoms with E-state index in [0.29, 0.717) is 50.7 Å². The van der Waals surface area contributed by atoms with Gasteiger partial charge < -0.3 is 24.8 Å². The fourth-order valence-electron chi connectivity index (χ4n) is 3.69. The van der Waals surface area contributed by atoms with Crippen LogP contribution in [0.3, 0.4) is 0 Å². The Morgan fingerprint density at radius 2 is 1.78 bits per heavy atom. The molecule has 32 heavy (non-hydrogen) atoms. The predicted molar refractivity (Wildman–Crippen MR) is 121 cm³/mol. The molecule has 4 rings (SSSR count). The highest BCUT2D eigenvalue weighted by atomic mass is 35.5. The second-order valence-corrected chi connectivity index (χ2v) is 7.38. The highest BCUT2D eigenvalue weighted by molar-refractivity contribution is 6.33. The Hall–Kier alpha value is -3.72. The third-order valence-corrected chi connectivity index (χ3v) is 5.52. The Morgan fingerprint density at radius 1 is 1.09 bits per heavy atom. The van der Waals surface area contributed by atoms with Gasteiger partial charge in [0.05, 0.1) is 37.6 Å². The molecular weight excluding hydrogens is 434 g/mol. The smallest absolute Gasteiger partial charge is 0.255 e. The number of rotatable bonds is 6. The number of carbonyl (C=O) groups is 1. The van der Waals surface area contributed by atoms with E-state index in [4.69, 9.17) is 25.8 Å². The van der Waals surface area contributed by atoms with Crippen molar-refractivity contribution in [1.29, 1.82) is 0 Å². The van der Waals surface area contributed by atoms with Crippen LogP contribution in [0, 0.1) is 0 Å². The first-order valence-corrected chi connectivity index (χ1v) is 10.1. The van der Waals surface area contributed by atoms with Crippen molar-refractivity contribution >= 4 is 29.1 Å². The number of allylic oxidation sites excluding steroid dienone is 1. The first-order valence-electron chi connectivity index (χ1n) is 9.71. The lowest BCUT2D eigenvalue weighted by Gasteiger charge is -2.30. The summed E-state index contributed by atoms with van der Waals surface area (Å²) >= 11 is 6.26. The molecule has 3 aromatic rings. The van der Waals surface area contributed by atoms with Gasteiger partial charge in [0.2, 0.25) is 5.95 Å². The maximum absolute atomic E-state index is 13.5. The summed E-state index contributed by atoms with van der Waals surface area (Å²) in [4.78, 5) is 17.8. The summed E-state index contributed by atoms with van der Waals surface area (Å²) in [6.07, 6.45) is 1.42. The van der Waals surface area contributed by atoms with Gasteiger partial charge in [-0.3, -0.25) is 4.79 Å². The molecule has 0 unspecified atom stereocenters. The van der Waals surface area contributed by atoms with Crippen LogP contribution in [-0.2, 0) is 4.79 Å². The third kappa shape index (κ3) is 3.71. The number of nitrogens with zero attached hydrogens (tertiary/aromatic N) is 3. The molecule has 1 aliphatic rings. The molecule has 1 aromatic heterocycles. The summed E-state index contributed by atoms with van der Waals surface area (Å²) in [5, 5.41) is 10.8. The van der Waals surface area contributed by atoms with E-state index in [-0.39, 0.29) is 5.91 Å². The average molecular weight is 456 g/mol. The standard InChI is InChI=1S/C22H22ClN5O4/c1-12-19(21(29)27-15-8-6-5-7-14(15)23)20(28-22(26-12)24-11-25-28)13-9-17(31-3)18(32-4)10-16(13)30-2/h5-11,20H,1-4H3,(H,27,29)(H,24,25,26)/t20-/m1/s1. The van der Waals surface area contributed by atoms with Crippen molar-refractivity contribution < 1.29 is 19.0 Å². The number of para-hydroxylation sites is 1. The molecular formula is C22H22ClN5O4. The number of hydrogen-bond acceptors (Lipinski definition) is 7. The zero-order valence-electron chi connectivity index (χ0n) is 18.0. The molecule has 0 fully saturated rings. The van der Waals surface area contributed by atoms with E-state index in [1.807, 2.05) is 0 Å². The van der Waals surface area contributed by atoms with E-state index in [9.17, 15) is 4.79 Å². The monoisotopic (exact) mass is 455 g/mol. The second-order valence-electron chi connectivity index (χ2n) is 6.98. The summed E-state index contributed by atoms with van der Waals surface area (Å²) in [5.41, 5.74) is 2.20. The van der Waals surface area contributed by atoms with Crippen LogP contribution in [0.5, 0.6) is 17.2 Å². The van der Waals surface area contributed by atoms with Crippen LogP contribution in [0.2, 0.25) is 5.02 Å². The Morgan fingerprint density at radius 3 is 2.47 bits per heavy atom. The van der Waals surface area contributed by atoms with E-state index in [2.05, 4.69) is 20.7 Å². The lowest BCUT2D eigenvalue weighted by Crippen LogP contribution is -2.31. The molecule has 1 amide bonds. The van der Waals surface area contributed by atoms with Crippen LogP contribution in [0.1, 0.15) is 18.5 Å². The van der Waals surface area contributed by atoms with Gasteiger partial charge in [0.15, 0.2) is 11.5 Å². The first-order chi connectivity index (χ1) is 15.5. The molecule has 2 heterocycles. The van der Waals surface area contributed by atoms with Gasteiger partial charge in [-0.15, -0.1) is 0 Å². The Labute approximate surface area is 190 Å². The molecule has 0 saturated heterocycles. The minimum atomic E-state index is -0.647. The molecule has 166 valence electrons. The molecule has 2 N–H and O–H groups in total. The van der Waals surface area contributed by atoms with Crippen LogP contribution in [0.4, 0.5) is 11.6 Å². The molecule has 10 heteroatoms. The minimum absolute atomic E-state index is 0.342. The summed E-state index contributed by atoms with van der Waals surface area (Å²) in [6.45, 7) is 1.81. The number of aromatic nitrogens is 3. The molecule has 0 radical (unpaired) electrons. The van der Waals surface area contributed by atoms with E-state index in [1.54, 1.807) is 69.3 Å². The van der Waals surface area contributed by atoms with Crippen LogP contribution in [0.15, 0.2) is 54.0 Å². The van der Waals surface area contributed by atoms with E-state index < -0.39 is 6.04 Å². The van der Waals surface area contributed by atoms with Gasteiger partial charge in [0.1, 0.15) is 18.1 Å². The number of carbonyl (C=O) groups excluding carboxylic acids is 1. The average Bonchev–Trinajstić information content (AvgIpc) is 3.26. The molecule has 1 atom stereocenters. The quantitative estimate of drug-likeness (QED) is 0.581. The second kappa shape index (κ2) is 8.80. The maximum atomic E-state index is 13.5. The minimum Gasteiger partial charge on any atom is -0.496 e. The first kappa shape index (κ1) is 21.5. The van der Waals surface area contributed by atoms with Crippen molar-refractivity contribution in [3.8, 4) is 17.2 Å². The van der Waals surface area contributed by atoms with Crippen LogP contribution in [0.25, 0.3) is 0 Å². The summed E-state index contributed by atoms with van der Waals surface area (Å²) < 4.78 is 18.2. The zero-order chi connectivity index (χ0) is 22.8. The topological polar surface area (TPSA) is 99.5 Å². The normalized spacial score (nSPS) is 15.0. The molecule has 9 nitrogen and oxygen atoms in total. The van der Waals surface area contributed by atoms with Crippen LogP contribution < -0.4 is 24.8 Å². The zero-order valence-corrected chi connectivity index (χ0v) is 18.7. The summed E-state index contributed by atoms with van der Waals surface area (Å²) in [5.74, 6) is 1.66. The maximum Gasteiger partial charge on any atom is 0.255 e. The molecule has 0 saturated carbocycles. The fourth-order valence-corrected chi connectivity index (χ4v) is 3.87. The molecule has 0 aliphatic carbocycles. The number of hydrogen-bond donors (Lipinski definition) is 2. The SMILES string of the molecule is COc1cc(OC)c([C@@H]2C(C(=O)Nc3ccccc3Cl)=C(C)Nc3ncnn32)cc1OC. The number of nitrogens with one attached hydrogen (secondary N) is 2. The number of amides is 1. The largest absolute Gasteiger partial charge is 0.496 e. The van der Waals surface area contributed by atoms with Gasteiger partial charge in [-0.05, 0) is 25.1 Å². The number of benzene rings is 2. The molecule has 1 aliphatic heterocycles. The number of halogens is 1. The Kier molecular flexibility index (Phi) is 5.91. The number of fused-ring (bicyclic) bond motifs is 1. The highest BCUT2D eigenvalue weighted by Crippen LogP contribution is 2.44. The van der Waals surface area contributed by atoms with Gasteiger partial charge in [0.25, 0.3) is 5.91 Å².